The predicted octanol–water partition coefficient (Wildman–Crippen LogP) is 3.07. The van der Waals surface area contributed by atoms with Crippen LogP contribution in [0.3, 0.4) is 0 Å². The molecule has 7 heteroatoms. The number of benzene rings is 1. The zero-order valence-corrected chi connectivity index (χ0v) is 12.3. The first kappa shape index (κ1) is 13.9. The minimum absolute atomic E-state index is 0.568. The van der Waals surface area contributed by atoms with E-state index in [4.69, 9.17) is 11.6 Å². The van der Waals surface area contributed by atoms with E-state index in [1.807, 2.05) is 0 Å². The van der Waals surface area contributed by atoms with Crippen LogP contribution in [0.2, 0.25) is 5.02 Å². The fourth-order valence-corrected chi connectivity index (χ4v) is 2.16. The van der Waals surface area contributed by atoms with Gasteiger partial charge in [-0.2, -0.15) is 0 Å². The molecule has 0 amide bonds. The van der Waals surface area contributed by atoms with E-state index in [2.05, 4.69) is 26.2 Å². The fourth-order valence-electron chi connectivity index (χ4n) is 1.66. The first-order valence-corrected chi connectivity index (χ1v) is 6.56. The summed E-state index contributed by atoms with van der Waals surface area (Å²) in [5, 5.41) is 12.8. The average Bonchev–Trinajstić information content (AvgIpc) is 2.76. The van der Waals surface area contributed by atoms with Crippen molar-refractivity contribution in [3.8, 4) is 0 Å². The standard InChI is InChI=1S/C12H11BrClN3O2/c1-17-6-15-5-10(17)11(12(18)19)16-7-2-3-9(14)8(13)4-7/h2-6,11,16H,1H3,(H,18,19). The molecule has 1 atom stereocenters. The summed E-state index contributed by atoms with van der Waals surface area (Å²) in [5.41, 5.74) is 1.23. The largest absolute Gasteiger partial charge is 0.479 e. The summed E-state index contributed by atoms with van der Waals surface area (Å²) in [4.78, 5) is 15.3. The Morgan fingerprint density at radius 3 is 2.84 bits per heavy atom. The quantitative estimate of drug-likeness (QED) is 0.894. The second-order valence-corrected chi connectivity index (χ2v) is 5.24. The SMILES string of the molecule is Cn1cncc1C(Nc1ccc(Cl)c(Br)c1)C(=O)O. The van der Waals surface area contributed by atoms with Gasteiger partial charge >= 0.3 is 5.97 Å². The van der Waals surface area contributed by atoms with Gasteiger partial charge in [-0.1, -0.05) is 11.6 Å². The molecular formula is C12H11BrClN3O2. The zero-order valence-electron chi connectivity index (χ0n) is 9.97. The summed E-state index contributed by atoms with van der Waals surface area (Å²) in [6, 6.07) is 4.27. The van der Waals surface area contributed by atoms with E-state index in [0.29, 0.717) is 20.9 Å². The molecule has 5 nitrogen and oxygen atoms in total. The first-order chi connectivity index (χ1) is 8.99. The Balaban J connectivity index is 2.29. The molecule has 0 fully saturated rings. The van der Waals surface area contributed by atoms with Gasteiger partial charge in [0.25, 0.3) is 0 Å². The van der Waals surface area contributed by atoms with Crippen LogP contribution in [0.5, 0.6) is 0 Å². The third kappa shape index (κ3) is 3.08. The third-order valence-corrected chi connectivity index (χ3v) is 3.84. The van der Waals surface area contributed by atoms with Crippen molar-refractivity contribution >= 4 is 39.2 Å². The van der Waals surface area contributed by atoms with Crippen molar-refractivity contribution in [2.75, 3.05) is 5.32 Å². The number of halogens is 2. The first-order valence-electron chi connectivity index (χ1n) is 5.39. The maximum absolute atomic E-state index is 11.4. The minimum Gasteiger partial charge on any atom is -0.479 e. The molecule has 1 aromatic heterocycles. The number of carboxylic acid groups (broad SMARTS) is 1. The van der Waals surface area contributed by atoms with Crippen molar-refractivity contribution in [3.05, 3.63) is 45.9 Å². The highest BCUT2D eigenvalue weighted by molar-refractivity contribution is 9.10. The Labute approximate surface area is 123 Å². The van der Waals surface area contributed by atoms with Crippen molar-refractivity contribution in [2.24, 2.45) is 7.05 Å². The number of hydrogen-bond acceptors (Lipinski definition) is 3. The van der Waals surface area contributed by atoms with Crippen LogP contribution in [-0.4, -0.2) is 20.6 Å². The van der Waals surface area contributed by atoms with Gasteiger partial charge in [0.15, 0.2) is 6.04 Å². The molecule has 100 valence electrons. The fraction of sp³-hybridized carbons (Fsp3) is 0.167. The third-order valence-electron chi connectivity index (χ3n) is 2.63. The zero-order chi connectivity index (χ0) is 14.0. The molecule has 0 saturated carbocycles. The number of nitrogens with one attached hydrogen (secondary N) is 1. The minimum atomic E-state index is -0.977. The van der Waals surface area contributed by atoms with Gasteiger partial charge < -0.3 is 15.0 Å². The van der Waals surface area contributed by atoms with Gasteiger partial charge in [-0.15, -0.1) is 0 Å². The molecule has 1 unspecified atom stereocenters. The van der Waals surface area contributed by atoms with Crippen molar-refractivity contribution in [2.45, 2.75) is 6.04 Å². The van der Waals surface area contributed by atoms with Gasteiger partial charge in [0, 0.05) is 17.2 Å². The normalized spacial score (nSPS) is 12.2. The van der Waals surface area contributed by atoms with Crippen LogP contribution in [0.4, 0.5) is 5.69 Å². The summed E-state index contributed by atoms with van der Waals surface area (Å²) in [7, 11) is 1.75. The molecule has 19 heavy (non-hydrogen) atoms. The smallest absolute Gasteiger partial charge is 0.332 e. The number of aliphatic carboxylic acids is 1. The van der Waals surface area contributed by atoms with Crippen molar-refractivity contribution in [1.29, 1.82) is 0 Å². The lowest BCUT2D eigenvalue weighted by Gasteiger charge is -2.16. The van der Waals surface area contributed by atoms with Gasteiger partial charge in [-0.3, -0.25) is 0 Å². The monoisotopic (exact) mass is 343 g/mol. The Bertz CT molecular complexity index is 615. The molecule has 2 aromatic rings. The Kier molecular flexibility index (Phi) is 4.11. The summed E-state index contributed by atoms with van der Waals surface area (Å²) in [5.74, 6) is -0.977. The number of rotatable bonds is 4. The Hall–Kier alpha value is -1.53. The van der Waals surface area contributed by atoms with Crippen molar-refractivity contribution in [1.82, 2.24) is 9.55 Å². The summed E-state index contributed by atoms with van der Waals surface area (Å²) in [6.07, 6.45) is 3.08. The number of carboxylic acids is 1. The van der Waals surface area contributed by atoms with Gasteiger partial charge in [-0.25, -0.2) is 9.78 Å². The molecule has 0 radical (unpaired) electrons. The number of aromatic nitrogens is 2. The molecule has 0 bridgehead atoms. The van der Waals surface area contributed by atoms with Crippen LogP contribution in [0.25, 0.3) is 0 Å². The van der Waals surface area contributed by atoms with E-state index in [-0.39, 0.29) is 0 Å². The van der Waals surface area contributed by atoms with Crippen LogP contribution in [0, 0.1) is 0 Å². The van der Waals surface area contributed by atoms with E-state index in [1.54, 1.807) is 36.1 Å². The van der Waals surface area contributed by atoms with Crippen molar-refractivity contribution in [3.63, 3.8) is 0 Å². The van der Waals surface area contributed by atoms with Crippen LogP contribution in [0.1, 0.15) is 11.7 Å². The highest BCUT2D eigenvalue weighted by Gasteiger charge is 2.22. The molecule has 1 heterocycles. The van der Waals surface area contributed by atoms with Gasteiger partial charge in [0.2, 0.25) is 0 Å². The van der Waals surface area contributed by atoms with Crippen LogP contribution in [-0.2, 0) is 11.8 Å². The molecule has 0 aliphatic heterocycles. The number of aryl methyl sites for hydroxylation is 1. The second-order valence-electron chi connectivity index (χ2n) is 3.97. The van der Waals surface area contributed by atoms with E-state index in [0.717, 1.165) is 0 Å². The van der Waals surface area contributed by atoms with Gasteiger partial charge in [0.05, 0.1) is 23.2 Å². The van der Waals surface area contributed by atoms with Gasteiger partial charge in [-0.05, 0) is 34.1 Å². The lowest BCUT2D eigenvalue weighted by atomic mass is 10.2. The topological polar surface area (TPSA) is 67.2 Å². The molecule has 2 N–H and O–H groups in total. The second kappa shape index (κ2) is 5.63. The number of imidazole rings is 1. The van der Waals surface area contributed by atoms with E-state index in [9.17, 15) is 9.90 Å². The summed E-state index contributed by atoms with van der Waals surface area (Å²) in [6.45, 7) is 0. The Morgan fingerprint density at radius 1 is 1.58 bits per heavy atom. The average molecular weight is 345 g/mol. The van der Waals surface area contributed by atoms with E-state index >= 15 is 0 Å². The maximum Gasteiger partial charge on any atom is 0.332 e. The maximum atomic E-state index is 11.4. The summed E-state index contributed by atoms with van der Waals surface area (Å²) < 4.78 is 2.37. The molecule has 1 aromatic carbocycles. The lowest BCUT2D eigenvalue weighted by Crippen LogP contribution is -2.22. The van der Waals surface area contributed by atoms with Crippen LogP contribution < -0.4 is 5.32 Å². The van der Waals surface area contributed by atoms with E-state index < -0.39 is 12.0 Å². The van der Waals surface area contributed by atoms with Crippen molar-refractivity contribution < 1.29 is 9.90 Å². The Morgan fingerprint density at radius 2 is 2.32 bits per heavy atom. The molecule has 0 aliphatic carbocycles. The van der Waals surface area contributed by atoms with E-state index in [1.165, 1.54) is 6.20 Å². The highest BCUT2D eigenvalue weighted by Crippen LogP contribution is 2.27. The number of hydrogen-bond donors (Lipinski definition) is 2. The summed E-state index contributed by atoms with van der Waals surface area (Å²) >= 11 is 9.20. The molecule has 0 spiro atoms. The van der Waals surface area contributed by atoms with Crippen LogP contribution in [0.15, 0.2) is 35.2 Å². The number of anilines is 1. The molecular weight excluding hydrogens is 334 g/mol. The molecule has 2 rings (SSSR count). The molecule has 0 aliphatic rings. The molecule has 0 saturated heterocycles. The predicted molar refractivity (Wildman–Crippen MR) is 76.4 cm³/mol. The number of carbonyl (C=O) groups is 1. The highest BCUT2D eigenvalue weighted by atomic mass is 79.9. The van der Waals surface area contributed by atoms with Crippen LogP contribution >= 0.6 is 27.5 Å². The number of nitrogens with zero attached hydrogens (tertiary/aromatic N) is 2. The lowest BCUT2D eigenvalue weighted by molar-refractivity contribution is -0.138. The van der Waals surface area contributed by atoms with Gasteiger partial charge in [0.1, 0.15) is 0 Å².